The summed E-state index contributed by atoms with van der Waals surface area (Å²) in [6.07, 6.45) is 4.08. The highest BCUT2D eigenvalue weighted by Crippen LogP contribution is 2.44. The number of halogens is 6. The topological polar surface area (TPSA) is 90.4 Å². The fourth-order valence-electron chi connectivity index (χ4n) is 4.25. The zero-order valence-corrected chi connectivity index (χ0v) is 20.8. The lowest BCUT2D eigenvalue weighted by Gasteiger charge is -2.34. The number of hydrogen-bond acceptors (Lipinski definition) is 5. The molecule has 2 saturated carbocycles. The van der Waals surface area contributed by atoms with Crippen molar-refractivity contribution in [3.8, 4) is 12.1 Å². The molecule has 11 heteroatoms. The van der Waals surface area contributed by atoms with Crippen molar-refractivity contribution in [3.05, 3.63) is 59.7 Å². The molecule has 5 nitrogen and oxygen atoms in total. The Bertz CT molecular complexity index is 1080. The highest BCUT2D eigenvalue weighted by atomic mass is 35.5. The number of ketones is 1. The highest BCUT2D eigenvalue weighted by Gasteiger charge is 2.44. The van der Waals surface area contributed by atoms with Gasteiger partial charge in [-0.3, -0.25) is 4.79 Å². The van der Waals surface area contributed by atoms with E-state index in [0.717, 1.165) is 6.07 Å². The number of Topliss-reactive ketones (excluding diaryl/α,β-unsaturated/α-hetero) is 1. The van der Waals surface area contributed by atoms with Crippen molar-refractivity contribution in [2.24, 2.45) is 0 Å². The maximum absolute atomic E-state index is 13.1. The van der Waals surface area contributed by atoms with Crippen LogP contribution in [0.3, 0.4) is 0 Å². The third kappa shape index (κ3) is 7.62. The van der Waals surface area contributed by atoms with Gasteiger partial charge in [-0.2, -0.15) is 19.3 Å². The van der Waals surface area contributed by atoms with Crippen LogP contribution in [0.2, 0.25) is 0 Å². The van der Waals surface area contributed by atoms with Crippen molar-refractivity contribution in [2.45, 2.75) is 68.1 Å². The molecule has 0 unspecified atom stereocenters. The molecule has 2 fully saturated rings. The summed E-state index contributed by atoms with van der Waals surface area (Å²) in [5.41, 5.74) is -0.363. The van der Waals surface area contributed by atoms with Crippen LogP contribution in [0.5, 0.6) is 0 Å². The van der Waals surface area contributed by atoms with E-state index in [1.807, 2.05) is 0 Å². The molecule has 36 heavy (non-hydrogen) atoms. The van der Waals surface area contributed by atoms with Crippen LogP contribution < -0.4 is 0 Å². The van der Waals surface area contributed by atoms with Gasteiger partial charge in [-0.25, -0.2) is 18.7 Å². The zero-order valence-electron chi connectivity index (χ0n) is 19.3. The Morgan fingerprint density at radius 1 is 0.778 bits per heavy atom. The second-order valence-corrected chi connectivity index (χ2v) is 9.43. The van der Waals surface area contributed by atoms with E-state index < -0.39 is 28.6 Å². The van der Waals surface area contributed by atoms with E-state index in [0.29, 0.717) is 36.8 Å². The molecule has 192 valence electrons. The molecule has 2 heterocycles. The van der Waals surface area contributed by atoms with Crippen LogP contribution in [0.25, 0.3) is 0 Å². The molecule has 2 aliphatic carbocycles. The zero-order chi connectivity index (χ0) is 26.8. The lowest BCUT2D eigenvalue weighted by molar-refractivity contribution is -0.121. The first-order chi connectivity index (χ1) is 17.0. The molecule has 0 bridgehead atoms. The molecule has 2 aliphatic rings. The van der Waals surface area contributed by atoms with Crippen molar-refractivity contribution in [1.82, 2.24) is 9.97 Å². The molecule has 0 spiro atoms. The van der Waals surface area contributed by atoms with Gasteiger partial charge in [0.2, 0.25) is 17.8 Å². The molecular formula is C25H24Cl2F4N4O. The van der Waals surface area contributed by atoms with Gasteiger partial charge >= 0.3 is 0 Å². The number of alkyl halides is 4. The van der Waals surface area contributed by atoms with Gasteiger partial charge in [0, 0.05) is 38.1 Å². The fraction of sp³-hybridized carbons (Fsp3) is 0.480. The maximum atomic E-state index is 13.1. The normalized spacial score (nSPS) is 19.3. The largest absolute Gasteiger partial charge is 0.300 e. The third-order valence-electron chi connectivity index (χ3n) is 6.48. The van der Waals surface area contributed by atoms with Crippen LogP contribution in [0.15, 0.2) is 36.7 Å². The average molecular weight is 543 g/mol. The van der Waals surface area contributed by atoms with Crippen LogP contribution in [0.4, 0.5) is 17.6 Å². The van der Waals surface area contributed by atoms with Crippen molar-refractivity contribution in [2.75, 3.05) is 5.34 Å². The van der Waals surface area contributed by atoms with Gasteiger partial charge < -0.3 is 0 Å². The van der Waals surface area contributed by atoms with Crippen LogP contribution in [0, 0.1) is 34.6 Å². The van der Waals surface area contributed by atoms with Gasteiger partial charge in [-0.05, 0) is 48.9 Å². The Hall–Kier alpha value is -2.75. The van der Waals surface area contributed by atoms with Crippen molar-refractivity contribution in [1.29, 1.82) is 10.5 Å². The smallest absolute Gasteiger partial charge is 0.248 e. The van der Waals surface area contributed by atoms with Crippen molar-refractivity contribution >= 4 is 29.0 Å². The Morgan fingerprint density at radius 2 is 1.17 bits per heavy atom. The van der Waals surface area contributed by atoms with Crippen molar-refractivity contribution < 1.29 is 22.4 Å². The van der Waals surface area contributed by atoms with Gasteiger partial charge in [-0.1, -0.05) is 12.1 Å². The van der Waals surface area contributed by atoms with Gasteiger partial charge in [0.15, 0.2) is 0 Å². The molecule has 0 atom stereocenters. The predicted molar refractivity (Wildman–Crippen MR) is 126 cm³/mol. The molecular weight excluding hydrogens is 519 g/mol. The Kier molecular flexibility index (Phi) is 10.6. The lowest BCUT2D eigenvalue weighted by Crippen LogP contribution is -2.35. The minimum atomic E-state index is -2.69. The summed E-state index contributed by atoms with van der Waals surface area (Å²) in [6.45, 7) is 0. The number of nitrogens with zero attached hydrogens (tertiary/aromatic N) is 4. The van der Waals surface area contributed by atoms with Gasteiger partial charge in [0.25, 0.3) is 0 Å². The van der Waals surface area contributed by atoms with E-state index in [1.165, 1.54) is 24.5 Å². The summed E-state index contributed by atoms with van der Waals surface area (Å²) in [7, 11) is 0. The number of pyridine rings is 2. The molecule has 2 aromatic rings. The Morgan fingerprint density at radius 3 is 1.50 bits per heavy atom. The summed E-state index contributed by atoms with van der Waals surface area (Å²) in [5.74, 6) is -3.68. The second-order valence-electron chi connectivity index (χ2n) is 8.62. The fourth-order valence-corrected chi connectivity index (χ4v) is 4.25. The van der Waals surface area contributed by atoms with Gasteiger partial charge in [0.05, 0.1) is 28.3 Å². The third-order valence-corrected chi connectivity index (χ3v) is 6.48. The minimum absolute atomic E-state index is 0.0871. The number of hydrogen-bond donors (Lipinski definition) is 0. The Balaban J connectivity index is 0.000000229. The monoisotopic (exact) mass is 542 g/mol. The molecule has 0 amide bonds. The SMILES string of the molecule is ClCCl.N#CC1(c2ccc(F)nc2)CCC(=O)CC1.N#CC1(c2ccc(F)nc2)CCC(F)(F)CC1. The predicted octanol–water partition coefficient (Wildman–Crippen LogP) is 6.74. The van der Waals surface area contributed by atoms with Gasteiger partial charge in [-0.15, -0.1) is 23.2 Å². The van der Waals surface area contributed by atoms with E-state index in [4.69, 9.17) is 23.2 Å². The molecule has 4 rings (SSSR count). The number of carbonyl (C=O) groups excluding carboxylic acids is 1. The number of carbonyl (C=O) groups is 1. The summed E-state index contributed by atoms with van der Waals surface area (Å²) >= 11 is 9.53. The first-order valence-electron chi connectivity index (χ1n) is 11.1. The number of rotatable bonds is 2. The molecule has 0 N–H and O–H groups in total. The van der Waals surface area contributed by atoms with E-state index in [-0.39, 0.29) is 36.8 Å². The van der Waals surface area contributed by atoms with E-state index >= 15 is 0 Å². The minimum Gasteiger partial charge on any atom is -0.300 e. The molecule has 0 saturated heterocycles. The van der Waals surface area contributed by atoms with E-state index in [2.05, 4.69) is 22.1 Å². The van der Waals surface area contributed by atoms with Crippen LogP contribution >= 0.6 is 23.2 Å². The highest BCUT2D eigenvalue weighted by molar-refractivity contribution is 6.40. The Labute approximate surface area is 217 Å². The standard InChI is InChI=1S/C12H11F3N2.C12H11FN2O.CH2Cl2/c13-10-2-1-9(7-17-10)11(8-16)3-5-12(14,15)6-4-11;13-11-2-1-9(7-15-11)12(8-14)5-3-10(16)4-6-12;2-1-3/h1-2,7H,3-6H2;1-2,7H,3-6H2;1H2. The molecule has 2 aromatic heterocycles. The maximum Gasteiger partial charge on any atom is 0.248 e. The van der Waals surface area contributed by atoms with E-state index in [1.54, 1.807) is 6.07 Å². The van der Waals surface area contributed by atoms with Crippen LogP contribution in [0.1, 0.15) is 62.5 Å². The first kappa shape index (κ1) is 29.5. The van der Waals surface area contributed by atoms with Crippen LogP contribution in [-0.2, 0) is 15.6 Å². The quantitative estimate of drug-likeness (QED) is 0.238. The summed E-state index contributed by atoms with van der Waals surface area (Å²) in [4.78, 5) is 18.2. The summed E-state index contributed by atoms with van der Waals surface area (Å²) in [5, 5.41) is 18.7. The second kappa shape index (κ2) is 13.0. The number of nitriles is 2. The summed E-state index contributed by atoms with van der Waals surface area (Å²) in [6, 6.07) is 9.80. The van der Waals surface area contributed by atoms with E-state index in [9.17, 15) is 32.9 Å². The first-order valence-corrected chi connectivity index (χ1v) is 12.2. The molecule has 0 aliphatic heterocycles. The molecule has 0 radical (unpaired) electrons. The number of aromatic nitrogens is 2. The van der Waals surface area contributed by atoms with Gasteiger partial charge in [0.1, 0.15) is 5.78 Å². The summed E-state index contributed by atoms with van der Waals surface area (Å²) < 4.78 is 51.5. The molecule has 0 aromatic carbocycles. The lowest BCUT2D eigenvalue weighted by atomic mass is 9.70. The van der Waals surface area contributed by atoms with Crippen molar-refractivity contribution in [3.63, 3.8) is 0 Å². The average Bonchev–Trinajstić information content (AvgIpc) is 2.87. The van der Waals surface area contributed by atoms with Crippen LogP contribution in [-0.4, -0.2) is 27.0 Å².